The number of nitrogens with one attached hydrogen (secondary N) is 2. The molecule has 0 amide bonds. The number of anilines is 1. The molecule has 0 unspecified atom stereocenters. The first-order valence-electron chi connectivity index (χ1n) is 5.62. The van der Waals surface area contributed by atoms with Crippen molar-refractivity contribution in [3.63, 3.8) is 0 Å². The molecule has 2 aromatic rings. The third-order valence-corrected chi connectivity index (χ3v) is 5.39. The van der Waals surface area contributed by atoms with Gasteiger partial charge in [0.05, 0.1) is 10.6 Å². The second-order valence-electron chi connectivity index (χ2n) is 4.01. The smallest absolute Gasteiger partial charge is 0.262 e. The molecule has 0 saturated carbocycles. The fraction of sp³-hybridized carbons (Fsp3) is 0.167. The molecule has 0 bridgehead atoms. The van der Waals surface area contributed by atoms with Crippen LogP contribution in [0.25, 0.3) is 0 Å². The molecule has 0 aliphatic carbocycles. The van der Waals surface area contributed by atoms with Crippen LogP contribution >= 0.6 is 27.3 Å². The van der Waals surface area contributed by atoms with Gasteiger partial charge in [-0.1, -0.05) is 15.9 Å². The van der Waals surface area contributed by atoms with Gasteiger partial charge in [-0.3, -0.25) is 4.72 Å². The first-order valence-corrected chi connectivity index (χ1v) is 8.78. The summed E-state index contributed by atoms with van der Waals surface area (Å²) in [4.78, 5) is 1.02. The number of sulfonamides is 1. The third kappa shape index (κ3) is 3.57. The molecule has 0 spiro atoms. The number of rotatable bonds is 5. The van der Waals surface area contributed by atoms with Gasteiger partial charge in [0, 0.05) is 21.3 Å². The van der Waals surface area contributed by atoms with Crippen molar-refractivity contribution in [2.75, 3.05) is 11.8 Å². The van der Waals surface area contributed by atoms with Gasteiger partial charge in [0.25, 0.3) is 10.0 Å². The maximum Gasteiger partial charge on any atom is 0.262 e. The fourth-order valence-corrected chi connectivity index (χ4v) is 4.25. The van der Waals surface area contributed by atoms with E-state index in [1.165, 1.54) is 34.9 Å². The molecule has 0 atom stereocenters. The summed E-state index contributed by atoms with van der Waals surface area (Å²) < 4.78 is 40.8. The predicted molar refractivity (Wildman–Crippen MR) is 82.0 cm³/mol. The maximum absolute atomic E-state index is 13.6. The van der Waals surface area contributed by atoms with Crippen molar-refractivity contribution in [2.45, 2.75) is 11.4 Å². The lowest BCUT2D eigenvalue weighted by atomic mass is 10.3. The van der Waals surface area contributed by atoms with E-state index in [1.54, 1.807) is 13.1 Å². The van der Waals surface area contributed by atoms with Crippen LogP contribution in [0.1, 0.15) is 4.88 Å². The zero-order valence-electron chi connectivity index (χ0n) is 10.5. The number of hydrogen-bond donors (Lipinski definition) is 2. The Morgan fingerprint density at radius 1 is 1.35 bits per heavy atom. The topological polar surface area (TPSA) is 58.2 Å². The number of benzene rings is 1. The van der Waals surface area contributed by atoms with E-state index in [-0.39, 0.29) is 10.6 Å². The molecule has 108 valence electrons. The second kappa shape index (κ2) is 6.21. The van der Waals surface area contributed by atoms with Crippen LogP contribution in [0.4, 0.5) is 10.1 Å². The van der Waals surface area contributed by atoms with Gasteiger partial charge in [-0.2, -0.15) is 0 Å². The molecule has 0 aliphatic heterocycles. The highest BCUT2D eigenvalue weighted by atomic mass is 79.9. The van der Waals surface area contributed by atoms with Crippen LogP contribution in [0.3, 0.4) is 0 Å². The van der Waals surface area contributed by atoms with Crippen molar-refractivity contribution >= 4 is 43.0 Å². The van der Waals surface area contributed by atoms with E-state index in [0.29, 0.717) is 11.0 Å². The average Bonchev–Trinajstić information content (AvgIpc) is 2.83. The van der Waals surface area contributed by atoms with Crippen molar-refractivity contribution in [1.82, 2.24) is 5.32 Å². The van der Waals surface area contributed by atoms with Gasteiger partial charge in [0.2, 0.25) is 0 Å². The molecule has 2 rings (SSSR count). The number of thiophene rings is 1. The molecule has 0 fully saturated rings. The largest absolute Gasteiger partial charge is 0.315 e. The minimum absolute atomic E-state index is 0.0826. The summed E-state index contributed by atoms with van der Waals surface area (Å²) in [6.45, 7) is 0.589. The molecule has 8 heteroatoms. The van der Waals surface area contributed by atoms with Gasteiger partial charge in [0.1, 0.15) is 5.82 Å². The van der Waals surface area contributed by atoms with E-state index < -0.39 is 15.8 Å². The van der Waals surface area contributed by atoms with Crippen LogP contribution in [0, 0.1) is 5.82 Å². The van der Waals surface area contributed by atoms with Crippen LogP contribution in [-0.2, 0) is 16.6 Å². The van der Waals surface area contributed by atoms with Crippen LogP contribution in [-0.4, -0.2) is 15.5 Å². The normalized spacial score (nSPS) is 11.6. The highest BCUT2D eigenvalue weighted by Gasteiger charge is 2.18. The highest BCUT2D eigenvalue weighted by molar-refractivity contribution is 9.10. The molecule has 4 nitrogen and oxygen atoms in total. The summed E-state index contributed by atoms with van der Waals surface area (Å²) >= 11 is 4.51. The molecule has 20 heavy (non-hydrogen) atoms. The first-order chi connectivity index (χ1) is 9.42. The molecule has 1 heterocycles. The SMILES string of the molecule is CNCc1cc(S(=O)(=O)Nc2cc(Br)ccc2F)cs1. The van der Waals surface area contributed by atoms with Crippen molar-refractivity contribution < 1.29 is 12.8 Å². The monoisotopic (exact) mass is 378 g/mol. The zero-order valence-corrected chi connectivity index (χ0v) is 13.7. The lowest BCUT2D eigenvalue weighted by molar-refractivity contribution is 0.598. The van der Waals surface area contributed by atoms with E-state index in [0.717, 1.165) is 4.88 Å². The Labute approximate surface area is 129 Å². The quantitative estimate of drug-likeness (QED) is 0.839. The molecule has 1 aromatic heterocycles. The highest BCUT2D eigenvalue weighted by Crippen LogP contribution is 2.25. The van der Waals surface area contributed by atoms with E-state index in [1.807, 2.05) is 0 Å². The minimum atomic E-state index is -3.78. The predicted octanol–water partition coefficient (Wildman–Crippen LogP) is 3.17. The average molecular weight is 379 g/mol. The van der Waals surface area contributed by atoms with Gasteiger partial charge >= 0.3 is 0 Å². The zero-order chi connectivity index (χ0) is 14.8. The molecule has 1 aromatic carbocycles. The molecule has 0 radical (unpaired) electrons. The summed E-state index contributed by atoms with van der Waals surface area (Å²) in [7, 11) is -2.00. The molecule has 0 aliphatic rings. The van der Waals surface area contributed by atoms with Crippen LogP contribution in [0.2, 0.25) is 0 Å². The number of hydrogen-bond acceptors (Lipinski definition) is 4. The summed E-state index contributed by atoms with van der Waals surface area (Å²) in [5, 5.41) is 4.48. The Hall–Kier alpha value is -0.960. The van der Waals surface area contributed by atoms with Gasteiger partial charge in [-0.05, 0) is 31.3 Å². The summed E-state index contributed by atoms with van der Waals surface area (Å²) in [6.07, 6.45) is 0. The van der Waals surface area contributed by atoms with E-state index in [9.17, 15) is 12.8 Å². The Balaban J connectivity index is 2.28. The van der Waals surface area contributed by atoms with Gasteiger partial charge in [-0.25, -0.2) is 12.8 Å². The van der Waals surface area contributed by atoms with Gasteiger partial charge in [0.15, 0.2) is 0 Å². The van der Waals surface area contributed by atoms with E-state index >= 15 is 0 Å². The van der Waals surface area contributed by atoms with Crippen molar-refractivity contribution in [2.24, 2.45) is 0 Å². The van der Waals surface area contributed by atoms with Crippen LogP contribution < -0.4 is 10.0 Å². The molecule has 0 saturated heterocycles. The molecular weight excluding hydrogens is 367 g/mol. The summed E-state index contributed by atoms with van der Waals surface area (Å²) in [6, 6.07) is 5.65. The molecular formula is C12H12BrFN2O2S2. The lowest BCUT2D eigenvalue weighted by Gasteiger charge is -2.07. The Kier molecular flexibility index (Phi) is 4.79. The van der Waals surface area contributed by atoms with Crippen LogP contribution in [0.5, 0.6) is 0 Å². The third-order valence-electron chi connectivity index (χ3n) is 2.46. The summed E-state index contributed by atoms with van der Waals surface area (Å²) in [5.74, 6) is -0.623. The van der Waals surface area contributed by atoms with E-state index in [2.05, 4.69) is 26.0 Å². The standard InChI is InChI=1S/C12H12BrFN2O2S2/c1-15-6-9-5-10(7-19-9)20(17,18)16-12-4-8(13)2-3-11(12)14/h2-5,7,15-16H,6H2,1H3. The molecule has 2 N–H and O–H groups in total. The lowest BCUT2D eigenvalue weighted by Crippen LogP contribution is -2.13. The Morgan fingerprint density at radius 3 is 2.80 bits per heavy atom. The minimum Gasteiger partial charge on any atom is -0.315 e. The fourth-order valence-electron chi connectivity index (χ4n) is 1.55. The van der Waals surface area contributed by atoms with Gasteiger partial charge < -0.3 is 5.32 Å². The van der Waals surface area contributed by atoms with Crippen LogP contribution in [0.15, 0.2) is 39.0 Å². The van der Waals surface area contributed by atoms with Crippen molar-refractivity contribution in [3.05, 3.63) is 44.8 Å². The Bertz CT molecular complexity index is 716. The van der Waals surface area contributed by atoms with Crippen molar-refractivity contribution in [1.29, 1.82) is 0 Å². The first kappa shape index (κ1) is 15.4. The summed E-state index contributed by atoms with van der Waals surface area (Å²) in [5.41, 5.74) is -0.0826. The van der Waals surface area contributed by atoms with Gasteiger partial charge in [-0.15, -0.1) is 11.3 Å². The maximum atomic E-state index is 13.6. The van der Waals surface area contributed by atoms with E-state index in [4.69, 9.17) is 0 Å². The number of halogens is 2. The van der Waals surface area contributed by atoms with Crippen molar-refractivity contribution in [3.8, 4) is 0 Å². The Morgan fingerprint density at radius 2 is 2.10 bits per heavy atom. The second-order valence-corrected chi connectivity index (χ2v) is 7.60.